The van der Waals surface area contributed by atoms with Gasteiger partial charge in [0.05, 0.1) is 35.8 Å². The zero-order valence-corrected chi connectivity index (χ0v) is 51.0. The first-order valence-corrected chi connectivity index (χ1v) is 31.7. The van der Waals surface area contributed by atoms with Gasteiger partial charge >= 0.3 is 40.5 Å². The van der Waals surface area contributed by atoms with Crippen molar-refractivity contribution in [1.82, 2.24) is 19.9 Å². The normalized spacial score (nSPS) is 13.3. The van der Waals surface area contributed by atoms with E-state index in [9.17, 15) is 33.7 Å². The molecule has 28 heteroatoms. The molecule has 0 aliphatic carbocycles. The average molecular weight is 1570 g/mol. The van der Waals surface area contributed by atoms with Gasteiger partial charge in [-0.15, -0.1) is 0 Å². The number of nitrogens with zero attached hydrogens (tertiary/aromatic N) is 2. The molecule has 0 atom stereocenters. The smallest absolute Gasteiger partial charge is 0.339 e. The third kappa shape index (κ3) is 9.99. The van der Waals surface area contributed by atoms with Crippen molar-refractivity contribution in [2.24, 2.45) is 0 Å². The molecule has 0 amide bonds. The highest BCUT2D eigenvalue weighted by molar-refractivity contribution is 9.18. The fourth-order valence-corrected chi connectivity index (χ4v) is 14.4. The predicted octanol–water partition coefficient (Wildman–Crippen LogP) is 13.7. The number of rotatable bonds is 12. The standard InChI is InChI=1S/C44H22Br8N4O12S4/c45-25-27(47)35-42(66-70(59,60)22-15-7-2-8-16-22)37-29(49)31(51)39(55-37)44(68-72(63,64)24-19-11-4-12-20-24)40-32(52)30(50)38(56-40)43(67-71(61,62)23-17-9-3-10-18-23)36-28(48)26(46)34(54-36)41(33(25)53-35)65-69(57,58)21-13-5-1-6-14-21/h1-20,53-54H. The quantitative estimate of drug-likeness (QED) is 0.108. The lowest BCUT2D eigenvalue weighted by Crippen LogP contribution is -2.12. The molecule has 2 N–H and O–H groups in total. The topological polar surface area (TPSA) is 231 Å². The molecule has 3 aromatic heterocycles. The summed E-state index contributed by atoms with van der Waals surface area (Å²) < 4.78 is 138. The summed E-state index contributed by atoms with van der Waals surface area (Å²) in [5, 5.41) is 0. The first-order chi connectivity index (χ1) is 34.0. The molecule has 0 saturated carbocycles. The van der Waals surface area contributed by atoms with Crippen molar-refractivity contribution in [2.75, 3.05) is 0 Å². The summed E-state index contributed by atoms with van der Waals surface area (Å²) in [6.45, 7) is 0. The molecule has 0 fully saturated rings. The third-order valence-electron chi connectivity index (χ3n) is 10.1. The van der Waals surface area contributed by atoms with E-state index in [0.717, 1.165) is 0 Å². The van der Waals surface area contributed by atoms with Gasteiger partial charge in [-0.05, 0) is 176 Å². The number of hydrogen-bond acceptors (Lipinski definition) is 14. The van der Waals surface area contributed by atoms with Crippen LogP contribution >= 0.6 is 127 Å². The molecule has 0 radical (unpaired) electrons. The van der Waals surface area contributed by atoms with Gasteiger partial charge in [0, 0.05) is 0 Å². The van der Waals surface area contributed by atoms with Crippen LogP contribution in [0.15, 0.2) is 159 Å². The van der Waals surface area contributed by atoms with Gasteiger partial charge in [0.15, 0.2) is 23.0 Å². The van der Waals surface area contributed by atoms with Crippen molar-refractivity contribution in [2.45, 2.75) is 19.6 Å². The van der Waals surface area contributed by atoms with Crippen molar-refractivity contribution >= 4 is 208 Å². The monoisotopic (exact) mass is 1560 g/mol. The van der Waals surface area contributed by atoms with Gasteiger partial charge < -0.3 is 26.7 Å². The molecule has 4 aromatic carbocycles. The van der Waals surface area contributed by atoms with Crippen molar-refractivity contribution in [3.8, 4) is 23.0 Å². The number of aromatic amines is 2. The highest BCUT2D eigenvalue weighted by Gasteiger charge is 2.37. The third-order valence-corrected chi connectivity index (χ3v) is 23.4. The molecule has 370 valence electrons. The molecule has 16 nitrogen and oxygen atoms in total. The molecule has 8 bridgehead atoms. The Morgan fingerprint density at radius 1 is 0.306 bits per heavy atom. The van der Waals surface area contributed by atoms with Crippen molar-refractivity contribution in [1.29, 1.82) is 0 Å². The van der Waals surface area contributed by atoms with Crippen LogP contribution in [0.5, 0.6) is 23.0 Å². The van der Waals surface area contributed by atoms with Crippen LogP contribution in [0.2, 0.25) is 0 Å². The van der Waals surface area contributed by atoms with Crippen molar-refractivity contribution in [3.05, 3.63) is 162 Å². The molecular weight excluding hydrogens is 1540 g/mol. The van der Waals surface area contributed by atoms with Crippen LogP contribution in [0.4, 0.5) is 0 Å². The van der Waals surface area contributed by atoms with Gasteiger partial charge in [0.25, 0.3) is 0 Å². The average Bonchev–Trinajstić information content (AvgIpc) is 4.04. The van der Waals surface area contributed by atoms with Crippen LogP contribution in [0.1, 0.15) is 22.8 Å². The number of halogens is 8. The second-order valence-corrected chi connectivity index (χ2v) is 27.1. The van der Waals surface area contributed by atoms with E-state index in [1.807, 2.05) is 0 Å². The van der Waals surface area contributed by atoms with Crippen LogP contribution < -0.4 is 16.7 Å². The Hall–Kier alpha value is -3.68. The van der Waals surface area contributed by atoms with Gasteiger partial charge in [0.2, 0.25) is 0 Å². The number of aromatic nitrogens is 4. The SMILES string of the molecule is O=S(=O)(Oc1c2nc(c(OS(=O)(=O)c3ccccc3)c3[nH]c(c(Br)c3Br)c(OS(=O)(=O)c3ccccc3)c3[nH]c(c(Br)c3Br)c(OS(=O)(=O)c3ccccc3)c3nc1C(Br)=C3Br)C(Br)=C2Br)c1ccccc1. The van der Waals surface area contributed by atoms with E-state index < -0.39 is 63.5 Å². The lowest BCUT2D eigenvalue weighted by molar-refractivity contribution is 0.482. The van der Waals surface area contributed by atoms with Gasteiger partial charge in [-0.25, -0.2) is 9.97 Å². The predicted molar refractivity (Wildman–Crippen MR) is 298 cm³/mol. The maximum atomic E-state index is 14.3. The van der Waals surface area contributed by atoms with Gasteiger partial charge in [-0.1, -0.05) is 72.8 Å². The molecule has 0 spiro atoms. The summed E-state index contributed by atoms with van der Waals surface area (Å²) in [4.78, 5) is 14.6. The van der Waals surface area contributed by atoms with E-state index in [1.165, 1.54) is 97.1 Å². The lowest BCUT2D eigenvalue weighted by Gasteiger charge is -2.10. The van der Waals surface area contributed by atoms with E-state index >= 15 is 0 Å². The number of H-pyrrole nitrogens is 2. The summed E-state index contributed by atoms with van der Waals surface area (Å²) in [7, 11) is -19.1. The largest absolute Gasteiger partial charge is 0.374 e. The summed E-state index contributed by atoms with van der Waals surface area (Å²) in [5.41, 5.74) is -1.94. The number of nitrogens with one attached hydrogen (secondary N) is 2. The molecule has 72 heavy (non-hydrogen) atoms. The maximum Gasteiger partial charge on any atom is 0.339 e. The maximum absolute atomic E-state index is 14.3. The van der Waals surface area contributed by atoms with Crippen molar-refractivity contribution in [3.63, 3.8) is 0 Å². The summed E-state index contributed by atoms with van der Waals surface area (Å²) in [6, 6.07) is 28.5. The lowest BCUT2D eigenvalue weighted by atomic mass is 10.3. The summed E-state index contributed by atoms with van der Waals surface area (Å²) >= 11 is 28.2. The van der Waals surface area contributed by atoms with Crippen LogP contribution in [0.3, 0.4) is 0 Å². The van der Waals surface area contributed by atoms with Crippen LogP contribution in [-0.4, -0.2) is 53.6 Å². The van der Waals surface area contributed by atoms with E-state index in [4.69, 9.17) is 26.7 Å². The second kappa shape index (κ2) is 20.5. The van der Waals surface area contributed by atoms with Crippen LogP contribution in [-0.2, 0) is 40.5 Å². The molecule has 7 aromatic rings. The van der Waals surface area contributed by atoms with Gasteiger partial charge in [-0.2, -0.15) is 33.7 Å². The highest BCUT2D eigenvalue weighted by Crippen LogP contribution is 2.54. The Morgan fingerprint density at radius 2 is 0.514 bits per heavy atom. The summed E-state index contributed by atoms with van der Waals surface area (Å²) in [5.74, 6) is -2.12. The number of fused-ring (bicyclic) bond motifs is 8. The molecule has 5 heterocycles. The molecular formula is C44H22Br8N4O12S4. The fourth-order valence-electron chi connectivity index (χ4n) is 6.75. The Morgan fingerprint density at radius 3 is 0.778 bits per heavy atom. The van der Waals surface area contributed by atoms with Gasteiger partial charge in [0.1, 0.15) is 64.4 Å². The first kappa shape index (κ1) is 53.2. The Bertz CT molecular complexity index is 3940. The molecule has 0 unspecified atom stereocenters. The zero-order chi connectivity index (χ0) is 51.7. The first-order valence-electron chi connectivity index (χ1n) is 19.7. The molecule has 0 saturated heterocycles. The van der Waals surface area contributed by atoms with Crippen molar-refractivity contribution < 1.29 is 50.4 Å². The van der Waals surface area contributed by atoms with E-state index in [0.29, 0.717) is 0 Å². The van der Waals surface area contributed by atoms with E-state index in [-0.39, 0.29) is 100 Å². The van der Waals surface area contributed by atoms with Crippen LogP contribution in [0.25, 0.3) is 40.0 Å². The Labute approximate surface area is 477 Å². The van der Waals surface area contributed by atoms with Gasteiger partial charge in [-0.3, -0.25) is 0 Å². The molecule has 2 aliphatic rings. The highest BCUT2D eigenvalue weighted by atomic mass is 79.9. The minimum atomic E-state index is -4.78. The number of hydrogen-bond donors (Lipinski definition) is 2. The Kier molecular flexibility index (Phi) is 15.1. The van der Waals surface area contributed by atoms with Crippen LogP contribution in [0, 0.1) is 0 Å². The van der Waals surface area contributed by atoms with E-state index in [1.54, 1.807) is 24.3 Å². The zero-order valence-electron chi connectivity index (χ0n) is 35.0. The minimum absolute atomic E-state index is 0.0173. The number of benzene rings is 4. The minimum Gasteiger partial charge on any atom is -0.374 e. The molecule has 9 rings (SSSR count). The fraction of sp³-hybridized carbons (Fsp3) is 0. The second-order valence-electron chi connectivity index (χ2n) is 14.6. The summed E-state index contributed by atoms with van der Waals surface area (Å²) in [6.07, 6.45) is 0. The Balaban J connectivity index is 1.53. The van der Waals surface area contributed by atoms with E-state index in [2.05, 4.69) is 137 Å². The molecule has 2 aliphatic heterocycles.